The Balaban J connectivity index is 1.54. The second-order valence-corrected chi connectivity index (χ2v) is 8.33. The Morgan fingerprint density at radius 2 is 1.87 bits per heavy atom. The van der Waals surface area contributed by atoms with Gasteiger partial charge in [-0.05, 0) is 44.9 Å². The van der Waals surface area contributed by atoms with Crippen molar-refractivity contribution in [2.75, 3.05) is 29.9 Å². The Morgan fingerprint density at radius 1 is 1.17 bits per heavy atom. The summed E-state index contributed by atoms with van der Waals surface area (Å²) in [6.07, 6.45) is 2.02. The molecular weight excluding hydrogens is 378 g/mol. The normalized spacial score (nSPS) is 21.3. The van der Waals surface area contributed by atoms with Gasteiger partial charge in [0.2, 0.25) is 0 Å². The molecule has 160 valence electrons. The van der Waals surface area contributed by atoms with Gasteiger partial charge < -0.3 is 19.9 Å². The Kier molecular flexibility index (Phi) is 5.90. The van der Waals surface area contributed by atoms with Crippen molar-refractivity contribution in [3.05, 3.63) is 46.9 Å². The van der Waals surface area contributed by atoms with Gasteiger partial charge >= 0.3 is 6.03 Å². The van der Waals surface area contributed by atoms with E-state index in [-0.39, 0.29) is 18.2 Å². The van der Waals surface area contributed by atoms with Gasteiger partial charge in [-0.25, -0.2) is 14.8 Å². The number of hydrogen-bond donors (Lipinski definition) is 1. The molecule has 1 aromatic carbocycles. The number of carbonyl (C=O) groups is 1. The molecule has 2 aromatic rings. The van der Waals surface area contributed by atoms with Crippen LogP contribution in [-0.4, -0.2) is 52.7 Å². The molecule has 4 rings (SSSR count). The van der Waals surface area contributed by atoms with E-state index in [9.17, 15) is 4.79 Å². The first-order valence-electron chi connectivity index (χ1n) is 10.8. The van der Waals surface area contributed by atoms with Crippen molar-refractivity contribution in [3.8, 4) is 0 Å². The van der Waals surface area contributed by atoms with Gasteiger partial charge in [-0.2, -0.15) is 0 Å². The number of aromatic nitrogens is 2. The number of ether oxygens (including phenoxy) is 1. The van der Waals surface area contributed by atoms with Gasteiger partial charge in [0.05, 0.1) is 24.4 Å². The first kappa shape index (κ1) is 20.6. The van der Waals surface area contributed by atoms with E-state index in [0.29, 0.717) is 13.1 Å². The van der Waals surface area contributed by atoms with E-state index in [2.05, 4.69) is 48.1 Å². The van der Waals surface area contributed by atoms with Crippen LogP contribution in [-0.2, 0) is 24.1 Å². The SMILES string of the molecule is CCc1ccc(NC(=O)N2CCc3nc(C)nc(N4C[C@H](C)O[C@@H](C)C4)c3C2)cc1. The van der Waals surface area contributed by atoms with Gasteiger partial charge in [-0.15, -0.1) is 0 Å². The van der Waals surface area contributed by atoms with Crippen LogP contribution in [0.1, 0.15) is 43.4 Å². The lowest BCUT2D eigenvalue weighted by Gasteiger charge is -2.38. The van der Waals surface area contributed by atoms with Gasteiger partial charge in [0.15, 0.2) is 0 Å². The van der Waals surface area contributed by atoms with Crippen LogP contribution >= 0.6 is 0 Å². The lowest BCUT2D eigenvalue weighted by atomic mass is 10.0. The fraction of sp³-hybridized carbons (Fsp3) is 0.522. The monoisotopic (exact) mass is 409 g/mol. The Morgan fingerprint density at radius 3 is 2.53 bits per heavy atom. The summed E-state index contributed by atoms with van der Waals surface area (Å²) in [5, 5.41) is 3.03. The summed E-state index contributed by atoms with van der Waals surface area (Å²) in [5.74, 6) is 1.73. The van der Waals surface area contributed by atoms with Crippen molar-refractivity contribution >= 4 is 17.5 Å². The van der Waals surface area contributed by atoms with Crippen LogP contribution in [0.25, 0.3) is 0 Å². The second-order valence-electron chi connectivity index (χ2n) is 8.33. The minimum atomic E-state index is -0.0832. The maximum absolute atomic E-state index is 12.9. The van der Waals surface area contributed by atoms with Crippen LogP contribution in [0.5, 0.6) is 0 Å². The van der Waals surface area contributed by atoms with Gasteiger partial charge in [-0.1, -0.05) is 19.1 Å². The van der Waals surface area contributed by atoms with E-state index in [4.69, 9.17) is 9.72 Å². The standard InChI is InChI=1S/C23H31N5O2/c1-5-18-6-8-19(9-7-18)26-23(29)27-11-10-21-20(14-27)22(25-17(4)24-21)28-12-15(2)30-16(3)13-28/h6-9,15-16H,5,10-14H2,1-4H3,(H,26,29)/t15-,16-/m0/s1. The number of rotatable bonds is 3. The molecular formula is C23H31N5O2. The Bertz CT molecular complexity index is 905. The zero-order chi connectivity index (χ0) is 21.3. The third-order valence-corrected chi connectivity index (χ3v) is 5.77. The van der Waals surface area contributed by atoms with Crippen LogP contribution in [0.15, 0.2) is 24.3 Å². The molecule has 0 spiro atoms. The quantitative estimate of drug-likeness (QED) is 0.839. The highest BCUT2D eigenvalue weighted by molar-refractivity contribution is 5.89. The van der Waals surface area contributed by atoms with Crippen molar-refractivity contribution in [2.45, 2.75) is 59.3 Å². The molecule has 2 aliphatic heterocycles. The number of anilines is 2. The Hall–Kier alpha value is -2.67. The molecule has 3 heterocycles. The molecule has 0 bridgehead atoms. The molecule has 0 unspecified atom stereocenters. The second kappa shape index (κ2) is 8.60. The van der Waals surface area contributed by atoms with Crippen LogP contribution < -0.4 is 10.2 Å². The number of urea groups is 1. The lowest BCUT2D eigenvalue weighted by molar-refractivity contribution is -0.00557. The minimum Gasteiger partial charge on any atom is -0.372 e. The van der Waals surface area contributed by atoms with E-state index in [1.54, 1.807) is 0 Å². The summed E-state index contributed by atoms with van der Waals surface area (Å²) >= 11 is 0. The summed E-state index contributed by atoms with van der Waals surface area (Å²) < 4.78 is 5.89. The molecule has 2 atom stereocenters. The number of fused-ring (bicyclic) bond motifs is 1. The van der Waals surface area contributed by atoms with Crippen molar-refractivity contribution in [2.24, 2.45) is 0 Å². The summed E-state index contributed by atoms with van der Waals surface area (Å²) in [6.45, 7) is 11.0. The molecule has 7 heteroatoms. The third kappa shape index (κ3) is 4.41. The summed E-state index contributed by atoms with van der Waals surface area (Å²) in [4.78, 5) is 26.5. The summed E-state index contributed by atoms with van der Waals surface area (Å²) in [7, 11) is 0. The summed E-state index contributed by atoms with van der Waals surface area (Å²) in [6, 6.07) is 7.94. The lowest BCUT2D eigenvalue weighted by Crippen LogP contribution is -2.47. The molecule has 7 nitrogen and oxygen atoms in total. The molecule has 0 aliphatic carbocycles. The van der Waals surface area contributed by atoms with Crippen molar-refractivity contribution < 1.29 is 9.53 Å². The fourth-order valence-electron chi connectivity index (χ4n) is 4.33. The van der Waals surface area contributed by atoms with E-state index in [1.165, 1.54) is 5.56 Å². The fourth-order valence-corrected chi connectivity index (χ4v) is 4.33. The number of carbonyl (C=O) groups excluding carboxylic acids is 1. The smallest absolute Gasteiger partial charge is 0.322 e. The van der Waals surface area contributed by atoms with Crippen LogP contribution in [0.3, 0.4) is 0 Å². The predicted octanol–water partition coefficient (Wildman–Crippen LogP) is 3.55. The van der Waals surface area contributed by atoms with Gasteiger partial charge in [0.1, 0.15) is 11.6 Å². The molecule has 2 amide bonds. The van der Waals surface area contributed by atoms with Crippen LogP contribution in [0.2, 0.25) is 0 Å². The summed E-state index contributed by atoms with van der Waals surface area (Å²) in [5.41, 5.74) is 4.19. The van der Waals surface area contributed by atoms with Crippen molar-refractivity contribution in [1.82, 2.24) is 14.9 Å². The molecule has 1 saturated heterocycles. The number of aryl methyl sites for hydroxylation is 2. The van der Waals surface area contributed by atoms with E-state index in [1.807, 2.05) is 24.0 Å². The number of nitrogens with one attached hydrogen (secondary N) is 1. The highest BCUT2D eigenvalue weighted by Crippen LogP contribution is 2.29. The molecule has 30 heavy (non-hydrogen) atoms. The van der Waals surface area contributed by atoms with Gasteiger partial charge in [0, 0.05) is 37.3 Å². The maximum atomic E-state index is 12.9. The largest absolute Gasteiger partial charge is 0.372 e. The molecule has 0 saturated carbocycles. The number of benzene rings is 1. The molecule has 0 radical (unpaired) electrons. The average Bonchev–Trinajstić information content (AvgIpc) is 2.72. The van der Waals surface area contributed by atoms with Crippen LogP contribution in [0.4, 0.5) is 16.3 Å². The zero-order valence-electron chi connectivity index (χ0n) is 18.3. The predicted molar refractivity (Wildman–Crippen MR) is 118 cm³/mol. The highest BCUT2D eigenvalue weighted by Gasteiger charge is 2.30. The molecule has 1 aromatic heterocycles. The highest BCUT2D eigenvalue weighted by atomic mass is 16.5. The number of hydrogen-bond acceptors (Lipinski definition) is 5. The van der Waals surface area contributed by atoms with Crippen LogP contribution in [0, 0.1) is 6.92 Å². The zero-order valence-corrected chi connectivity index (χ0v) is 18.3. The third-order valence-electron chi connectivity index (χ3n) is 5.77. The van der Waals surface area contributed by atoms with E-state index < -0.39 is 0 Å². The first-order chi connectivity index (χ1) is 14.4. The average molecular weight is 410 g/mol. The molecule has 1 N–H and O–H groups in total. The number of amides is 2. The molecule has 2 aliphatic rings. The minimum absolute atomic E-state index is 0.0832. The Labute approximate surface area is 178 Å². The maximum Gasteiger partial charge on any atom is 0.322 e. The van der Waals surface area contributed by atoms with E-state index in [0.717, 1.165) is 54.5 Å². The van der Waals surface area contributed by atoms with Gasteiger partial charge in [-0.3, -0.25) is 0 Å². The van der Waals surface area contributed by atoms with Crippen molar-refractivity contribution in [3.63, 3.8) is 0 Å². The molecule has 1 fully saturated rings. The van der Waals surface area contributed by atoms with Gasteiger partial charge in [0.25, 0.3) is 0 Å². The topological polar surface area (TPSA) is 70.6 Å². The first-order valence-corrected chi connectivity index (χ1v) is 10.8. The number of nitrogens with zero attached hydrogens (tertiary/aromatic N) is 4. The van der Waals surface area contributed by atoms with Crippen molar-refractivity contribution in [1.29, 1.82) is 0 Å². The number of morpholine rings is 1. The van der Waals surface area contributed by atoms with E-state index >= 15 is 0 Å².